The van der Waals surface area contributed by atoms with Crippen molar-refractivity contribution >= 4 is 57.6 Å². The van der Waals surface area contributed by atoms with Gasteiger partial charge in [-0.15, -0.1) is 23.1 Å². The van der Waals surface area contributed by atoms with Crippen LogP contribution in [0.3, 0.4) is 0 Å². The molecular formula is C15H16N4O7S2. The van der Waals surface area contributed by atoms with Gasteiger partial charge in [-0.1, -0.05) is 6.08 Å². The highest BCUT2D eigenvalue weighted by atomic mass is 32.2. The van der Waals surface area contributed by atoms with Gasteiger partial charge in [-0.25, -0.2) is 14.6 Å². The molecular weight excluding hydrogens is 412 g/mol. The fraction of sp³-hybridized carbons (Fsp3) is 0.267. The Balaban J connectivity index is 2.24. The maximum absolute atomic E-state index is 12.7. The molecule has 0 bridgehead atoms. The number of aliphatic carboxylic acids is 3. The van der Waals surface area contributed by atoms with E-state index >= 15 is 0 Å². The Morgan fingerprint density at radius 1 is 1.36 bits per heavy atom. The Bertz CT molecular complexity index is 864. The molecule has 0 saturated carbocycles. The summed E-state index contributed by atoms with van der Waals surface area (Å²) in [5, 5.41) is 32.9. The smallest absolute Gasteiger partial charge is 0.351 e. The zero-order valence-corrected chi connectivity index (χ0v) is 15.7. The molecule has 1 aliphatic heterocycles. The number of nitrogens with two attached hydrogens (primary N) is 1. The first-order valence-corrected chi connectivity index (χ1v) is 9.60. The largest absolute Gasteiger partial charge is 0.481 e. The van der Waals surface area contributed by atoms with E-state index in [-0.39, 0.29) is 27.8 Å². The number of nitrogen functional groups attached to an aromatic ring is 1. The van der Waals surface area contributed by atoms with E-state index in [1.807, 2.05) is 0 Å². The van der Waals surface area contributed by atoms with Gasteiger partial charge in [0.1, 0.15) is 11.1 Å². The summed E-state index contributed by atoms with van der Waals surface area (Å²) in [6, 6.07) is -1.48. The molecule has 1 amide bonds. The van der Waals surface area contributed by atoms with Crippen molar-refractivity contribution in [1.29, 1.82) is 0 Å². The molecule has 0 radical (unpaired) electrons. The van der Waals surface area contributed by atoms with Gasteiger partial charge in [-0.3, -0.25) is 9.59 Å². The van der Waals surface area contributed by atoms with Crippen LogP contribution < -0.4 is 16.4 Å². The molecule has 2 atom stereocenters. The van der Waals surface area contributed by atoms with Crippen LogP contribution in [0.4, 0.5) is 5.13 Å². The number of hydrogen-bond donors (Lipinski definition) is 6. The zero-order valence-electron chi connectivity index (χ0n) is 14.1. The quantitative estimate of drug-likeness (QED) is 0.300. The zero-order chi connectivity index (χ0) is 20.8. The molecule has 7 N–H and O–H groups in total. The Hall–Kier alpha value is -3.06. The van der Waals surface area contributed by atoms with Crippen LogP contribution in [0, 0.1) is 0 Å². The predicted molar refractivity (Wildman–Crippen MR) is 101 cm³/mol. The van der Waals surface area contributed by atoms with Crippen LogP contribution in [0.1, 0.15) is 12.1 Å². The molecule has 1 aromatic heterocycles. The Morgan fingerprint density at radius 2 is 2.07 bits per heavy atom. The van der Waals surface area contributed by atoms with Crippen molar-refractivity contribution < 1.29 is 34.5 Å². The van der Waals surface area contributed by atoms with E-state index in [4.69, 9.17) is 15.9 Å². The summed E-state index contributed by atoms with van der Waals surface area (Å²) in [6.45, 7) is 0. The molecule has 2 rings (SSSR count). The fourth-order valence-corrected chi connectivity index (χ4v) is 3.84. The van der Waals surface area contributed by atoms with E-state index in [0.29, 0.717) is 0 Å². The van der Waals surface area contributed by atoms with Gasteiger partial charge in [-0.2, -0.15) is 0 Å². The number of rotatable bonds is 8. The minimum absolute atomic E-state index is 0.112. The van der Waals surface area contributed by atoms with Crippen LogP contribution in [0.25, 0.3) is 5.57 Å². The lowest BCUT2D eigenvalue weighted by molar-refractivity contribution is -0.141. The summed E-state index contributed by atoms with van der Waals surface area (Å²) in [7, 11) is 0. The lowest BCUT2D eigenvalue weighted by Crippen LogP contribution is -2.54. The molecule has 11 nitrogen and oxygen atoms in total. The summed E-state index contributed by atoms with van der Waals surface area (Å²) in [6.07, 6.45) is 2.01. The van der Waals surface area contributed by atoms with Crippen molar-refractivity contribution in [3.63, 3.8) is 0 Å². The minimum atomic E-state index is -1.48. The fourth-order valence-electron chi connectivity index (χ4n) is 2.22. The first kappa shape index (κ1) is 21.2. The summed E-state index contributed by atoms with van der Waals surface area (Å²) in [5.74, 6) is -4.46. The van der Waals surface area contributed by atoms with Crippen molar-refractivity contribution in [1.82, 2.24) is 15.6 Å². The van der Waals surface area contributed by atoms with Crippen molar-refractivity contribution in [2.45, 2.75) is 17.8 Å². The van der Waals surface area contributed by atoms with Gasteiger partial charge in [0.05, 0.1) is 17.7 Å². The van der Waals surface area contributed by atoms with Crippen LogP contribution >= 0.6 is 23.1 Å². The molecule has 0 spiro atoms. The molecule has 1 aromatic rings. The van der Waals surface area contributed by atoms with E-state index in [1.54, 1.807) is 0 Å². The van der Waals surface area contributed by atoms with Gasteiger partial charge in [-0.05, 0) is 6.08 Å². The van der Waals surface area contributed by atoms with Crippen molar-refractivity contribution in [3.8, 4) is 0 Å². The Morgan fingerprint density at radius 3 is 2.61 bits per heavy atom. The summed E-state index contributed by atoms with van der Waals surface area (Å²) in [4.78, 5) is 50.2. The number of anilines is 1. The number of carbonyl (C=O) groups excluding carboxylic acids is 1. The first-order valence-electron chi connectivity index (χ1n) is 7.67. The molecule has 0 aliphatic carbocycles. The van der Waals surface area contributed by atoms with Gasteiger partial charge in [0, 0.05) is 11.1 Å². The topological polar surface area (TPSA) is 192 Å². The van der Waals surface area contributed by atoms with Crippen LogP contribution in [0.2, 0.25) is 0 Å². The second kappa shape index (κ2) is 9.23. The number of thiazole rings is 1. The third kappa shape index (κ3) is 5.47. The normalized spacial score (nSPS) is 17.8. The van der Waals surface area contributed by atoms with E-state index in [0.717, 1.165) is 29.2 Å². The van der Waals surface area contributed by atoms with E-state index in [1.165, 1.54) is 11.5 Å². The number of aromatic nitrogens is 1. The van der Waals surface area contributed by atoms with E-state index < -0.39 is 41.7 Å². The molecule has 28 heavy (non-hydrogen) atoms. The average Bonchev–Trinajstić information content (AvgIpc) is 3.05. The summed E-state index contributed by atoms with van der Waals surface area (Å²) < 4.78 is 0. The molecule has 0 unspecified atom stereocenters. The van der Waals surface area contributed by atoms with Crippen LogP contribution in [0.5, 0.6) is 0 Å². The number of amides is 1. The number of nitrogens with one attached hydrogen (secondary N) is 2. The summed E-state index contributed by atoms with van der Waals surface area (Å²) >= 11 is 2.13. The lowest BCUT2D eigenvalue weighted by Gasteiger charge is -2.29. The minimum Gasteiger partial charge on any atom is -0.481 e. The maximum atomic E-state index is 12.7. The molecule has 0 aromatic carbocycles. The van der Waals surface area contributed by atoms with Gasteiger partial charge in [0.2, 0.25) is 0 Å². The van der Waals surface area contributed by atoms with Crippen molar-refractivity contribution in [3.05, 3.63) is 28.9 Å². The molecule has 0 fully saturated rings. The second-order valence-electron chi connectivity index (χ2n) is 5.40. The molecule has 13 heteroatoms. The van der Waals surface area contributed by atoms with Gasteiger partial charge < -0.3 is 31.7 Å². The van der Waals surface area contributed by atoms with E-state index in [9.17, 15) is 24.3 Å². The van der Waals surface area contributed by atoms with Crippen molar-refractivity contribution in [2.24, 2.45) is 0 Å². The first-order chi connectivity index (χ1) is 13.2. The Labute approximate surface area is 166 Å². The third-order valence-corrected chi connectivity index (χ3v) is 5.25. The predicted octanol–water partition coefficient (Wildman–Crippen LogP) is -0.216. The second-order valence-corrected chi connectivity index (χ2v) is 7.46. The van der Waals surface area contributed by atoms with E-state index in [2.05, 4.69) is 15.6 Å². The van der Waals surface area contributed by atoms with Crippen LogP contribution in [-0.2, 0) is 19.2 Å². The highest BCUT2D eigenvalue weighted by Gasteiger charge is 2.34. The highest BCUT2D eigenvalue weighted by Crippen LogP contribution is 2.23. The standard InChI is InChI=1S/C15H16N4O7S2/c16-15-18-8(5-28-15)6(1-2-9(20)21)11(22)19-10(14(25)26)12-17-7(13(23)24)3-4-27-12/h1,3,5,10,12,17H,2,4H2,(H2,16,18)(H,19,22)(H,20,21)(H,23,24)(H,25,26)/b6-1-/t10-,12+/m0/s1. The monoisotopic (exact) mass is 428 g/mol. The maximum Gasteiger partial charge on any atom is 0.351 e. The lowest BCUT2D eigenvalue weighted by atomic mass is 10.1. The summed E-state index contributed by atoms with van der Waals surface area (Å²) in [5.41, 5.74) is 5.35. The molecule has 2 heterocycles. The number of thioether (sulfide) groups is 1. The molecule has 0 saturated heterocycles. The van der Waals surface area contributed by atoms with Crippen LogP contribution in [0.15, 0.2) is 23.2 Å². The highest BCUT2D eigenvalue weighted by molar-refractivity contribution is 8.00. The van der Waals surface area contributed by atoms with Gasteiger partial charge in [0.25, 0.3) is 5.91 Å². The third-order valence-electron chi connectivity index (χ3n) is 3.47. The van der Waals surface area contributed by atoms with Crippen LogP contribution in [-0.4, -0.2) is 61.3 Å². The number of carboxylic acids is 3. The number of carbonyl (C=O) groups is 4. The number of nitrogens with zero attached hydrogens (tertiary/aromatic N) is 1. The Kier molecular flexibility index (Phi) is 7.00. The SMILES string of the molecule is Nc1nc(/C(=C/CC(=O)O)C(=O)N[C@H](C(=O)O)[C@@H]2NC(C(=O)O)=CCS2)cs1. The number of hydrogen-bond acceptors (Lipinski definition) is 9. The van der Waals surface area contributed by atoms with Gasteiger partial charge in [0.15, 0.2) is 11.2 Å². The number of carboxylic acid groups (broad SMARTS) is 3. The average molecular weight is 428 g/mol. The van der Waals surface area contributed by atoms with Gasteiger partial charge >= 0.3 is 17.9 Å². The molecule has 1 aliphatic rings. The molecule has 150 valence electrons. The van der Waals surface area contributed by atoms with Crippen molar-refractivity contribution in [2.75, 3.05) is 11.5 Å².